The van der Waals surface area contributed by atoms with Crippen molar-refractivity contribution in [1.29, 1.82) is 0 Å². The summed E-state index contributed by atoms with van der Waals surface area (Å²) in [6.07, 6.45) is 2.76. The summed E-state index contributed by atoms with van der Waals surface area (Å²) in [6, 6.07) is 2.38. The van der Waals surface area contributed by atoms with E-state index in [1.807, 2.05) is 6.07 Å². The van der Waals surface area contributed by atoms with Crippen LogP contribution in [-0.2, 0) is 0 Å². The van der Waals surface area contributed by atoms with Crippen LogP contribution in [0.5, 0.6) is 6.01 Å². The smallest absolute Gasteiger partial charge is 0.304 e. The molecule has 1 rings (SSSR count). The van der Waals surface area contributed by atoms with Crippen molar-refractivity contribution in [3.63, 3.8) is 0 Å². The fourth-order valence-electron chi connectivity index (χ4n) is 1.12. The van der Waals surface area contributed by atoms with Crippen LogP contribution in [0.2, 0.25) is 39.3 Å². The second-order valence-electron chi connectivity index (χ2n) is 6.35. The topological polar surface area (TPSA) is 47.0 Å². The first-order valence-corrected chi connectivity index (χ1v) is 13.0. The van der Waals surface area contributed by atoms with Gasteiger partial charge in [0, 0.05) is 12.4 Å². The molecule has 1 heterocycles. The van der Waals surface area contributed by atoms with Crippen molar-refractivity contribution in [3.8, 4) is 6.01 Å². The predicted molar refractivity (Wildman–Crippen MR) is 77.8 cm³/mol. The molecule has 0 spiro atoms. The fourth-order valence-corrected chi connectivity index (χ4v) is 2.48. The van der Waals surface area contributed by atoms with E-state index in [-0.39, 0.29) is 0 Å². The first-order valence-electron chi connectivity index (χ1n) is 5.92. The van der Waals surface area contributed by atoms with Crippen LogP contribution >= 0.6 is 0 Å². The lowest BCUT2D eigenvalue weighted by Crippen LogP contribution is -2.32. The van der Waals surface area contributed by atoms with Crippen LogP contribution in [-0.4, -0.2) is 32.5 Å². The molecule has 0 amide bonds. The maximum atomic E-state index is 5.76. The Kier molecular flexibility index (Phi) is 4.32. The van der Waals surface area contributed by atoms with Gasteiger partial charge in [-0.25, -0.2) is 4.98 Å². The van der Waals surface area contributed by atoms with Crippen molar-refractivity contribution in [3.05, 3.63) is 12.3 Å². The van der Waals surface area contributed by atoms with Crippen molar-refractivity contribution < 1.29 is 4.43 Å². The van der Waals surface area contributed by atoms with Gasteiger partial charge in [0.25, 0.3) is 0 Å². The maximum Gasteiger partial charge on any atom is 0.304 e. The third-order valence-electron chi connectivity index (χ3n) is 1.83. The van der Waals surface area contributed by atoms with E-state index in [0.717, 1.165) is 12.0 Å². The third kappa shape index (κ3) is 6.42. The molecule has 1 aromatic heterocycles. The van der Waals surface area contributed by atoms with Crippen LogP contribution < -0.4 is 9.74 Å². The van der Waals surface area contributed by atoms with E-state index in [1.54, 1.807) is 6.20 Å². The SMILES string of the molecule is C[Si](C)(C)CNc1ccnc(O[Si](C)(C)C)n1. The van der Waals surface area contributed by atoms with E-state index in [0.29, 0.717) is 6.01 Å². The second kappa shape index (κ2) is 5.18. The van der Waals surface area contributed by atoms with Crippen LogP contribution in [0.3, 0.4) is 0 Å². The zero-order chi connectivity index (χ0) is 13.1. The number of nitrogens with zero attached hydrogens (tertiary/aromatic N) is 2. The molecule has 0 radical (unpaired) electrons. The lowest BCUT2D eigenvalue weighted by molar-refractivity contribution is 0.510. The Hall–Kier alpha value is -0.886. The van der Waals surface area contributed by atoms with Gasteiger partial charge in [-0.3, -0.25) is 0 Å². The van der Waals surface area contributed by atoms with Gasteiger partial charge in [0.2, 0.25) is 8.32 Å². The van der Waals surface area contributed by atoms with E-state index < -0.39 is 16.4 Å². The molecule has 1 N–H and O–H groups in total. The van der Waals surface area contributed by atoms with Crippen molar-refractivity contribution in [2.75, 3.05) is 11.5 Å². The second-order valence-corrected chi connectivity index (χ2v) is 16.3. The van der Waals surface area contributed by atoms with Gasteiger partial charge in [-0.1, -0.05) is 19.6 Å². The molecule has 1 aromatic rings. The molecule has 4 nitrogen and oxygen atoms in total. The van der Waals surface area contributed by atoms with E-state index in [1.165, 1.54) is 0 Å². The Labute approximate surface area is 106 Å². The van der Waals surface area contributed by atoms with E-state index in [9.17, 15) is 0 Å². The van der Waals surface area contributed by atoms with Crippen LogP contribution in [0.4, 0.5) is 5.82 Å². The van der Waals surface area contributed by atoms with Gasteiger partial charge in [0.05, 0.1) is 8.07 Å². The average molecular weight is 269 g/mol. The summed E-state index contributed by atoms with van der Waals surface area (Å²) >= 11 is 0. The number of hydrogen-bond acceptors (Lipinski definition) is 4. The highest BCUT2D eigenvalue weighted by Gasteiger charge is 2.18. The van der Waals surface area contributed by atoms with Gasteiger partial charge in [0.1, 0.15) is 5.82 Å². The zero-order valence-electron chi connectivity index (χ0n) is 11.7. The summed E-state index contributed by atoms with van der Waals surface area (Å²) in [6.45, 7) is 13.3. The number of nitrogens with one attached hydrogen (secondary N) is 1. The summed E-state index contributed by atoms with van der Waals surface area (Å²) < 4.78 is 5.76. The molecule has 96 valence electrons. The molecule has 0 aliphatic carbocycles. The molecule has 0 fully saturated rings. The molecule has 0 aliphatic heterocycles. The summed E-state index contributed by atoms with van der Waals surface area (Å²) in [5.74, 6) is 0.857. The molecule has 0 aromatic carbocycles. The minimum atomic E-state index is -1.62. The van der Waals surface area contributed by atoms with E-state index in [2.05, 4.69) is 54.6 Å². The summed E-state index contributed by atoms with van der Waals surface area (Å²) in [5, 5.41) is 3.36. The summed E-state index contributed by atoms with van der Waals surface area (Å²) in [5.41, 5.74) is 0. The number of anilines is 1. The quantitative estimate of drug-likeness (QED) is 0.835. The van der Waals surface area contributed by atoms with Gasteiger partial charge in [0.15, 0.2) is 0 Å². The summed E-state index contributed by atoms with van der Waals surface area (Å²) in [7, 11) is -2.73. The summed E-state index contributed by atoms with van der Waals surface area (Å²) in [4.78, 5) is 8.52. The van der Waals surface area contributed by atoms with Gasteiger partial charge in [-0.2, -0.15) is 4.98 Å². The molecule has 0 atom stereocenters. The molecular formula is C11H23N3OSi2. The largest absolute Gasteiger partial charge is 0.518 e. The first-order chi connectivity index (χ1) is 7.66. The molecule has 0 unspecified atom stereocenters. The van der Waals surface area contributed by atoms with E-state index >= 15 is 0 Å². The minimum Gasteiger partial charge on any atom is -0.518 e. The van der Waals surface area contributed by atoms with Crippen LogP contribution in [0.1, 0.15) is 0 Å². The molecule has 6 heteroatoms. The van der Waals surface area contributed by atoms with Gasteiger partial charge >= 0.3 is 6.01 Å². The van der Waals surface area contributed by atoms with Crippen LogP contribution in [0, 0.1) is 0 Å². The lowest BCUT2D eigenvalue weighted by atomic mass is 10.6. The minimum absolute atomic E-state index is 0.491. The zero-order valence-corrected chi connectivity index (χ0v) is 13.7. The van der Waals surface area contributed by atoms with Crippen molar-refractivity contribution >= 4 is 22.2 Å². The highest BCUT2D eigenvalue weighted by Crippen LogP contribution is 2.13. The van der Waals surface area contributed by atoms with Gasteiger partial charge in [-0.05, 0) is 25.7 Å². The van der Waals surface area contributed by atoms with Crippen molar-refractivity contribution in [2.24, 2.45) is 0 Å². The van der Waals surface area contributed by atoms with Crippen molar-refractivity contribution in [2.45, 2.75) is 39.3 Å². The molecule has 0 bridgehead atoms. The van der Waals surface area contributed by atoms with E-state index in [4.69, 9.17) is 4.43 Å². The molecule has 0 saturated heterocycles. The monoisotopic (exact) mass is 269 g/mol. The highest BCUT2D eigenvalue weighted by atomic mass is 28.4. The van der Waals surface area contributed by atoms with Gasteiger partial charge in [-0.15, -0.1) is 0 Å². The lowest BCUT2D eigenvalue weighted by Gasteiger charge is -2.19. The Morgan fingerprint density at radius 1 is 1.18 bits per heavy atom. The average Bonchev–Trinajstić information content (AvgIpc) is 2.11. The number of rotatable bonds is 5. The highest BCUT2D eigenvalue weighted by molar-refractivity contribution is 6.76. The Morgan fingerprint density at radius 2 is 1.82 bits per heavy atom. The fraction of sp³-hybridized carbons (Fsp3) is 0.636. The molecule has 0 saturated carbocycles. The Balaban J connectivity index is 2.66. The normalized spacial score (nSPS) is 12.4. The number of aromatic nitrogens is 2. The standard InChI is InChI=1S/C11H23N3OSi2/c1-16(2,3)9-13-10-7-8-12-11(14-10)15-17(4,5)6/h7-8H,9H2,1-6H3,(H,12,13,14). The van der Waals surface area contributed by atoms with Crippen molar-refractivity contribution in [1.82, 2.24) is 9.97 Å². The number of hydrogen-bond donors (Lipinski definition) is 1. The van der Waals surface area contributed by atoms with Gasteiger partial charge < -0.3 is 9.74 Å². The Morgan fingerprint density at radius 3 is 2.35 bits per heavy atom. The maximum absolute atomic E-state index is 5.76. The third-order valence-corrected chi connectivity index (χ3v) is 3.86. The predicted octanol–water partition coefficient (Wildman–Crippen LogP) is 2.98. The van der Waals surface area contributed by atoms with Crippen LogP contribution in [0.15, 0.2) is 12.3 Å². The van der Waals surface area contributed by atoms with Crippen LogP contribution in [0.25, 0.3) is 0 Å². The Bertz CT molecular complexity index is 372. The first kappa shape index (κ1) is 14.2. The molecular weight excluding hydrogens is 246 g/mol. The molecule has 17 heavy (non-hydrogen) atoms. The molecule has 0 aliphatic rings.